The quantitative estimate of drug-likeness (QED) is 0.865. The van der Waals surface area contributed by atoms with Crippen LogP contribution >= 0.6 is 0 Å². The zero-order valence-electron chi connectivity index (χ0n) is 11.4. The second-order valence-corrected chi connectivity index (χ2v) is 4.40. The molecule has 0 fully saturated rings. The third-order valence-electron chi connectivity index (χ3n) is 2.94. The zero-order chi connectivity index (χ0) is 14.5. The van der Waals surface area contributed by atoms with Gasteiger partial charge in [-0.1, -0.05) is 0 Å². The number of anilines is 1. The summed E-state index contributed by atoms with van der Waals surface area (Å²) >= 11 is 0. The van der Waals surface area contributed by atoms with Crippen molar-refractivity contribution in [3.05, 3.63) is 53.9 Å². The van der Waals surface area contributed by atoms with E-state index in [4.69, 9.17) is 0 Å². The third-order valence-corrected chi connectivity index (χ3v) is 2.94. The first-order valence-corrected chi connectivity index (χ1v) is 6.13. The smallest absolute Gasteiger partial charge is 0.339 e. The van der Waals surface area contributed by atoms with Crippen LogP contribution in [0.25, 0.3) is 0 Å². The van der Waals surface area contributed by atoms with Gasteiger partial charge in [0.15, 0.2) is 0 Å². The minimum atomic E-state index is -0.393. The molecule has 2 rings (SSSR count). The number of methoxy groups -OCH3 is 1. The highest BCUT2D eigenvalue weighted by atomic mass is 16.5. The fraction of sp³-hybridized carbons (Fsp3) is 0.200. The molecule has 0 saturated carbocycles. The molecule has 0 spiro atoms. The molecule has 0 saturated heterocycles. The number of phenolic OH excluding ortho intramolecular Hbond substituents is 1. The number of benzene rings is 1. The first-order chi connectivity index (χ1) is 9.60. The summed E-state index contributed by atoms with van der Waals surface area (Å²) in [5, 5.41) is 9.26. The Balaban J connectivity index is 2.06. The molecule has 0 radical (unpaired) electrons. The van der Waals surface area contributed by atoms with Crippen LogP contribution in [0.5, 0.6) is 5.75 Å². The average molecular weight is 272 g/mol. The number of nitrogens with zero attached hydrogens (tertiary/aromatic N) is 2. The van der Waals surface area contributed by atoms with Crippen LogP contribution in [-0.2, 0) is 11.3 Å². The molecule has 1 heterocycles. The Bertz CT molecular complexity index is 579. The molecule has 1 N–H and O–H groups in total. The first-order valence-electron chi connectivity index (χ1n) is 6.13. The number of aromatic nitrogens is 1. The molecule has 0 amide bonds. The van der Waals surface area contributed by atoms with Gasteiger partial charge in [0.1, 0.15) is 5.75 Å². The summed E-state index contributed by atoms with van der Waals surface area (Å²) < 4.78 is 4.62. The number of carbonyl (C=O) groups excluding carboxylic acids is 1. The summed E-state index contributed by atoms with van der Waals surface area (Å²) in [4.78, 5) is 17.5. The molecule has 5 nitrogen and oxygen atoms in total. The van der Waals surface area contributed by atoms with Crippen LogP contribution in [0.4, 0.5) is 5.69 Å². The lowest BCUT2D eigenvalue weighted by atomic mass is 10.2. The van der Waals surface area contributed by atoms with E-state index in [-0.39, 0.29) is 5.75 Å². The molecule has 0 unspecified atom stereocenters. The molecule has 0 atom stereocenters. The Morgan fingerprint density at radius 1 is 1.25 bits per heavy atom. The minimum Gasteiger partial charge on any atom is -0.508 e. The second-order valence-electron chi connectivity index (χ2n) is 4.40. The maximum absolute atomic E-state index is 11.3. The molecule has 1 aromatic heterocycles. The number of hydrogen-bond acceptors (Lipinski definition) is 5. The van der Waals surface area contributed by atoms with Gasteiger partial charge in [-0.25, -0.2) is 4.79 Å². The van der Waals surface area contributed by atoms with Crippen molar-refractivity contribution in [2.75, 3.05) is 19.1 Å². The number of phenols is 1. The van der Waals surface area contributed by atoms with E-state index in [1.807, 2.05) is 24.1 Å². The lowest BCUT2D eigenvalue weighted by molar-refractivity contribution is 0.0600. The van der Waals surface area contributed by atoms with Crippen LogP contribution in [0.15, 0.2) is 42.6 Å². The molecular formula is C15H16N2O3. The highest BCUT2D eigenvalue weighted by molar-refractivity contribution is 5.88. The van der Waals surface area contributed by atoms with Gasteiger partial charge in [-0.2, -0.15) is 0 Å². The van der Waals surface area contributed by atoms with Gasteiger partial charge in [0, 0.05) is 18.9 Å². The number of carbonyl (C=O) groups is 1. The summed E-state index contributed by atoms with van der Waals surface area (Å²) in [7, 11) is 3.27. The molecule has 104 valence electrons. The van der Waals surface area contributed by atoms with Crippen molar-refractivity contribution in [3.8, 4) is 5.75 Å². The number of aromatic hydroxyl groups is 1. The van der Waals surface area contributed by atoms with Gasteiger partial charge in [-0.05, 0) is 36.4 Å². The van der Waals surface area contributed by atoms with Crippen LogP contribution in [0.3, 0.4) is 0 Å². The first kappa shape index (κ1) is 13.9. The van der Waals surface area contributed by atoms with E-state index >= 15 is 0 Å². The van der Waals surface area contributed by atoms with Gasteiger partial charge in [0.2, 0.25) is 0 Å². The number of pyridine rings is 1. The van der Waals surface area contributed by atoms with Gasteiger partial charge in [0.25, 0.3) is 0 Å². The van der Waals surface area contributed by atoms with Gasteiger partial charge < -0.3 is 14.7 Å². The monoisotopic (exact) mass is 272 g/mol. The van der Waals surface area contributed by atoms with Crippen LogP contribution in [0.1, 0.15) is 16.1 Å². The van der Waals surface area contributed by atoms with Crippen molar-refractivity contribution in [2.24, 2.45) is 0 Å². The molecule has 0 bridgehead atoms. The Morgan fingerprint density at radius 3 is 2.50 bits per heavy atom. The fourth-order valence-electron chi connectivity index (χ4n) is 1.80. The maximum Gasteiger partial charge on any atom is 0.339 e. The SMILES string of the molecule is COC(=O)c1ccc(CN(C)c2ccc(O)cc2)nc1. The summed E-state index contributed by atoms with van der Waals surface area (Å²) in [5.74, 6) is -0.154. The zero-order valence-corrected chi connectivity index (χ0v) is 11.4. The molecule has 2 aromatic rings. The molecule has 0 aliphatic carbocycles. The largest absolute Gasteiger partial charge is 0.508 e. The summed E-state index contributed by atoms with van der Waals surface area (Å²) in [5.41, 5.74) is 2.25. The summed E-state index contributed by atoms with van der Waals surface area (Å²) in [6, 6.07) is 10.4. The van der Waals surface area contributed by atoms with Crippen molar-refractivity contribution in [1.82, 2.24) is 4.98 Å². The maximum atomic E-state index is 11.3. The van der Waals surface area contributed by atoms with E-state index < -0.39 is 5.97 Å². The third kappa shape index (κ3) is 3.26. The van der Waals surface area contributed by atoms with Gasteiger partial charge in [-0.3, -0.25) is 4.98 Å². The second kappa shape index (κ2) is 6.06. The van der Waals surface area contributed by atoms with E-state index in [0.717, 1.165) is 11.4 Å². The average Bonchev–Trinajstić information content (AvgIpc) is 2.48. The van der Waals surface area contributed by atoms with E-state index in [2.05, 4.69) is 9.72 Å². The standard InChI is InChI=1S/C15H16N2O3/c1-17(13-5-7-14(18)8-6-13)10-12-4-3-11(9-16-12)15(19)20-2/h3-9,18H,10H2,1-2H3. The molecular weight excluding hydrogens is 256 g/mol. The van der Waals surface area contributed by atoms with Crippen molar-refractivity contribution in [3.63, 3.8) is 0 Å². The summed E-state index contributed by atoms with van der Waals surface area (Å²) in [6.45, 7) is 0.603. The number of ether oxygens (including phenoxy) is 1. The van der Waals surface area contributed by atoms with Gasteiger partial charge >= 0.3 is 5.97 Å². The Labute approximate surface area is 117 Å². The van der Waals surface area contributed by atoms with Crippen molar-refractivity contribution < 1.29 is 14.6 Å². The highest BCUT2D eigenvalue weighted by Gasteiger charge is 2.07. The lowest BCUT2D eigenvalue weighted by Gasteiger charge is -2.18. The molecule has 0 aliphatic rings. The topological polar surface area (TPSA) is 62.7 Å². The van der Waals surface area contributed by atoms with E-state index in [1.54, 1.807) is 24.3 Å². The number of rotatable bonds is 4. The van der Waals surface area contributed by atoms with Gasteiger partial charge in [0.05, 0.1) is 24.9 Å². The van der Waals surface area contributed by atoms with Crippen molar-refractivity contribution >= 4 is 11.7 Å². The normalized spacial score (nSPS) is 10.1. The Hall–Kier alpha value is -2.56. The Morgan fingerprint density at radius 2 is 1.95 bits per heavy atom. The van der Waals surface area contributed by atoms with Crippen molar-refractivity contribution in [1.29, 1.82) is 0 Å². The van der Waals surface area contributed by atoms with Crippen LogP contribution in [-0.4, -0.2) is 30.2 Å². The van der Waals surface area contributed by atoms with Crippen LogP contribution in [0.2, 0.25) is 0 Å². The van der Waals surface area contributed by atoms with E-state index in [9.17, 15) is 9.90 Å². The summed E-state index contributed by atoms with van der Waals surface area (Å²) in [6.07, 6.45) is 1.51. The number of hydrogen-bond donors (Lipinski definition) is 1. The van der Waals surface area contributed by atoms with E-state index in [1.165, 1.54) is 13.3 Å². The highest BCUT2D eigenvalue weighted by Crippen LogP contribution is 2.18. The predicted molar refractivity (Wildman–Crippen MR) is 75.8 cm³/mol. The fourth-order valence-corrected chi connectivity index (χ4v) is 1.80. The lowest BCUT2D eigenvalue weighted by Crippen LogP contribution is -2.17. The Kier molecular flexibility index (Phi) is 4.20. The molecule has 0 aliphatic heterocycles. The molecule has 1 aromatic carbocycles. The molecule has 5 heteroatoms. The van der Waals surface area contributed by atoms with Crippen LogP contribution < -0.4 is 4.90 Å². The molecule has 20 heavy (non-hydrogen) atoms. The van der Waals surface area contributed by atoms with E-state index in [0.29, 0.717) is 12.1 Å². The predicted octanol–water partition coefficient (Wildman–Crippen LogP) is 2.21. The van der Waals surface area contributed by atoms with Crippen LogP contribution in [0, 0.1) is 0 Å². The van der Waals surface area contributed by atoms with Gasteiger partial charge in [-0.15, -0.1) is 0 Å². The minimum absolute atomic E-state index is 0.239. The van der Waals surface area contributed by atoms with Crippen molar-refractivity contribution in [2.45, 2.75) is 6.54 Å². The number of esters is 1.